The van der Waals surface area contributed by atoms with Crippen LogP contribution in [0.15, 0.2) is 24.3 Å². The van der Waals surface area contributed by atoms with Crippen molar-refractivity contribution in [3.63, 3.8) is 0 Å². The molecule has 1 aromatic carbocycles. The second-order valence-corrected chi connectivity index (χ2v) is 6.06. The maximum absolute atomic E-state index is 11.8. The molecule has 0 heterocycles. The van der Waals surface area contributed by atoms with E-state index in [0.717, 1.165) is 4.31 Å². The van der Waals surface area contributed by atoms with Gasteiger partial charge in [-0.05, 0) is 38.5 Å². The Labute approximate surface area is 139 Å². The van der Waals surface area contributed by atoms with E-state index in [1.54, 1.807) is 20.8 Å². The van der Waals surface area contributed by atoms with Gasteiger partial charge in [-0.1, -0.05) is 24.9 Å². The number of nitrogens with one attached hydrogen (secondary N) is 1. The van der Waals surface area contributed by atoms with Crippen LogP contribution >= 0.6 is 12.8 Å². The van der Waals surface area contributed by atoms with E-state index in [1.807, 2.05) is 0 Å². The van der Waals surface area contributed by atoms with Gasteiger partial charge < -0.3 is 20.9 Å². The summed E-state index contributed by atoms with van der Waals surface area (Å²) >= 11 is 3.91. The molecule has 1 rings (SSSR count). The van der Waals surface area contributed by atoms with Crippen LogP contribution in [-0.4, -0.2) is 28.8 Å². The number of urea groups is 1. The second-order valence-electron chi connectivity index (χ2n) is 5.66. The van der Waals surface area contributed by atoms with Crippen LogP contribution in [0, 0.1) is 0 Å². The maximum atomic E-state index is 11.8. The molecule has 0 aliphatic rings. The number of hydrogen-bond acceptors (Lipinski definition) is 5. The number of hydrogen-bond donors (Lipinski definition) is 4. The van der Waals surface area contributed by atoms with Crippen molar-refractivity contribution in [2.45, 2.75) is 32.4 Å². The lowest BCUT2D eigenvalue weighted by atomic mass is 10.1. The summed E-state index contributed by atoms with van der Waals surface area (Å²) in [6, 6.07) is 3.74. The summed E-state index contributed by atoms with van der Waals surface area (Å²) in [4.78, 5) is 34.3. The first kappa shape index (κ1) is 18.6. The number of alkyl carbamates (subject to hydrolysis) is 1. The third-order valence-corrected chi connectivity index (χ3v) is 2.99. The predicted octanol–water partition coefficient (Wildman–Crippen LogP) is 2.07. The van der Waals surface area contributed by atoms with E-state index >= 15 is 0 Å². The molecule has 4 N–H and O–H groups in total. The Hall–Kier alpha value is -2.42. The molecule has 0 aliphatic carbocycles. The number of carboxylic acid groups (broad SMARTS) is 1. The predicted molar refractivity (Wildman–Crippen MR) is 87.2 cm³/mol. The van der Waals surface area contributed by atoms with Gasteiger partial charge >= 0.3 is 18.1 Å². The van der Waals surface area contributed by atoms with E-state index in [2.05, 4.69) is 18.1 Å². The van der Waals surface area contributed by atoms with Gasteiger partial charge in [0.05, 0.1) is 5.69 Å². The van der Waals surface area contributed by atoms with Crippen molar-refractivity contribution in [1.29, 1.82) is 0 Å². The molecule has 1 unspecified atom stereocenters. The highest BCUT2D eigenvalue weighted by Crippen LogP contribution is 2.22. The molecule has 0 aliphatic heterocycles. The number of primary amides is 1. The number of carboxylic acids is 1. The number of rotatable bonds is 4. The Morgan fingerprint density at radius 2 is 1.96 bits per heavy atom. The lowest BCUT2D eigenvalue weighted by Crippen LogP contribution is -2.38. The van der Waals surface area contributed by atoms with E-state index in [1.165, 1.54) is 24.3 Å². The van der Waals surface area contributed by atoms with E-state index in [0.29, 0.717) is 0 Å². The number of benzene rings is 1. The van der Waals surface area contributed by atoms with Gasteiger partial charge in [-0.25, -0.2) is 18.7 Å². The van der Waals surface area contributed by atoms with Crippen molar-refractivity contribution in [2.75, 3.05) is 4.31 Å². The summed E-state index contributed by atoms with van der Waals surface area (Å²) in [5, 5.41) is 11.6. The molecule has 1 atom stereocenters. The molecule has 8 nitrogen and oxygen atoms in total. The van der Waals surface area contributed by atoms with Gasteiger partial charge in [0.15, 0.2) is 6.04 Å². The second kappa shape index (κ2) is 7.23. The number of amides is 3. The molecule has 1 aromatic rings. The van der Waals surface area contributed by atoms with Crippen molar-refractivity contribution in [3.05, 3.63) is 29.8 Å². The average Bonchev–Trinajstić information content (AvgIpc) is 2.41. The van der Waals surface area contributed by atoms with E-state index in [4.69, 9.17) is 10.5 Å². The zero-order valence-electron chi connectivity index (χ0n) is 12.9. The number of thiol groups is 1. The number of aliphatic carboxylic acids is 1. The van der Waals surface area contributed by atoms with Gasteiger partial charge in [0.1, 0.15) is 5.60 Å². The van der Waals surface area contributed by atoms with Crippen molar-refractivity contribution >= 4 is 36.6 Å². The summed E-state index contributed by atoms with van der Waals surface area (Å²) in [7, 11) is 0. The molecule has 126 valence electrons. The fraction of sp³-hybridized carbons (Fsp3) is 0.357. The van der Waals surface area contributed by atoms with Crippen LogP contribution < -0.4 is 15.4 Å². The molecule has 9 heteroatoms. The van der Waals surface area contributed by atoms with Crippen LogP contribution in [0.25, 0.3) is 0 Å². The quantitative estimate of drug-likeness (QED) is 0.625. The molecule has 3 amide bonds. The summed E-state index contributed by atoms with van der Waals surface area (Å²) in [6.07, 6.45) is -0.868. The molecule has 23 heavy (non-hydrogen) atoms. The number of nitrogens with zero attached hydrogens (tertiary/aromatic N) is 1. The van der Waals surface area contributed by atoms with E-state index in [-0.39, 0.29) is 11.3 Å². The molecule has 0 saturated heterocycles. The summed E-state index contributed by atoms with van der Waals surface area (Å²) in [6.45, 7) is 4.98. The van der Waals surface area contributed by atoms with Gasteiger partial charge in [0.2, 0.25) is 0 Å². The molecule has 0 radical (unpaired) electrons. The first-order chi connectivity index (χ1) is 10.5. The fourth-order valence-electron chi connectivity index (χ4n) is 1.68. The molecule has 0 spiro atoms. The minimum absolute atomic E-state index is 0.237. The van der Waals surface area contributed by atoms with E-state index in [9.17, 15) is 19.5 Å². The highest BCUT2D eigenvalue weighted by Gasteiger charge is 2.26. The van der Waals surface area contributed by atoms with Crippen molar-refractivity contribution in [1.82, 2.24) is 5.32 Å². The van der Waals surface area contributed by atoms with Gasteiger partial charge in [-0.15, -0.1) is 0 Å². The Kier molecular flexibility index (Phi) is 5.85. The van der Waals surface area contributed by atoms with Crippen LogP contribution in [0.1, 0.15) is 32.4 Å². The molecule has 0 fully saturated rings. The number of carbonyl (C=O) groups is 3. The van der Waals surface area contributed by atoms with Crippen LogP contribution in [0.2, 0.25) is 0 Å². The number of anilines is 1. The molecule has 0 saturated carbocycles. The third-order valence-electron chi connectivity index (χ3n) is 2.56. The average molecular weight is 341 g/mol. The van der Waals surface area contributed by atoms with Gasteiger partial charge in [-0.2, -0.15) is 0 Å². The minimum Gasteiger partial charge on any atom is -0.479 e. The van der Waals surface area contributed by atoms with Crippen LogP contribution in [0.4, 0.5) is 15.3 Å². The minimum atomic E-state index is -1.35. The van der Waals surface area contributed by atoms with Crippen LogP contribution in [-0.2, 0) is 9.53 Å². The fourth-order valence-corrected chi connectivity index (χ4v) is 1.80. The Morgan fingerprint density at radius 1 is 1.35 bits per heavy atom. The van der Waals surface area contributed by atoms with Gasteiger partial charge in [0.25, 0.3) is 0 Å². The summed E-state index contributed by atoms with van der Waals surface area (Å²) in [5.41, 5.74) is 4.86. The highest BCUT2D eigenvalue weighted by molar-refractivity contribution is 7.82. The smallest absolute Gasteiger partial charge is 0.408 e. The zero-order chi connectivity index (χ0) is 17.8. The van der Waals surface area contributed by atoms with E-state index < -0.39 is 29.7 Å². The lowest BCUT2D eigenvalue weighted by Gasteiger charge is -2.22. The Bertz CT molecular complexity index is 615. The standard InChI is InChI=1S/C14H19N3O5S/c1-14(2,3)22-13(21)16-10(11(18)19)8-5-4-6-9(7-8)17(23)12(15)20/h4-7,10,23H,1-3H3,(H2,15,20)(H,16,21)(H,18,19). The van der Waals surface area contributed by atoms with Crippen molar-refractivity contribution in [2.24, 2.45) is 5.73 Å². The molecular formula is C14H19N3O5S. The highest BCUT2D eigenvalue weighted by atomic mass is 32.1. The van der Waals surface area contributed by atoms with Crippen molar-refractivity contribution in [3.8, 4) is 0 Å². The molecule has 0 aromatic heterocycles. The molecular weight excluding hydrogens is 322 g/mol. The Morgan fingerprint density at radius 3 is 2.43 bits per heavy atom. The normalized spacial score (nSPS) is 12.2. The zero-order valence-corrected chi connectivity index (χ0v) is 13.8. The van der Waals surface area contributed by atoms with Crippen molar-refractivity contribution < 1.29 is 24.2 Å². The monoisotopic (exact) mass is 341 g/mol. The number of carbonyl (C=O) groups excluding carboxylic acids is 2. The third kappa shape index (κ3) is 5.70. The first-order valence-electron chi connectivity index (χ1n) is 6.62. The largest absolute Gasteiger partial charge is 0.479 e. The summed E-state index contributed by atoms with van der Waals surface area (Å²) < 4.78 is 5.90. The topological polar surface area (TPSA) is 122 Å². The molecule has 0 bridgehead atoms. The van der Waals surface area contributed by atoms with Crippen LogP contribution in [0.3, 0.4) is 0 Å². The van der Waals surface area contributed by atoms with Gasteiger partial charge in [-0.3, -0.25) is 0 Å². The lowest BCUT2D eigenvalue weighted by molar-refractivity contribution is -0.139. The number of ether oxygens (including phenoxy) is 1. The Balaban J connectivity index is 3.03. The maximum Gasteiger partial charge on any atom is 0.408 e. The van der Waals surface area contributed by atoms with Gasteiger partial charge in [0, 0.05) is 0 Å². The van der Waals surface area contributed by atoms with Crippen LogP contribution in [0.5, 0.6) is 0 Å². The summed E-state index contributed by atoms with van der Waals surface area (Å²) in [5.74, 6) is -1.28. The first-order valence-corrected chi connectivity index (χ1v) is 7.02. The SMILES string of the molecule is CC(C)(C)OC(=O)NC(C(=O)O)c1cccc(N(S)C(N)=O)c1. The number of nitrogens with two attached hydrogens (primary N) is 1.